The van der Waals surface area contributed by atoms with Crippen LogP contribution in [0.2, 0.25) is 0 Å². The van der Waals surface area contributed by atoms with E-state index >= 15 is 0 Å². The number of nitrogens with one attached hydrogen (secondary N) is 9. The minimum absolute atomic E-state index is 0.0200. The molecule has 1 saturated heterocycles. The van der Waals surface area contributed by atoms with Gasteiger partial charge in [-0.05, 0) is 130 Å². The van der Waals surface area contributed by atoms with Crippen molar-refractivity contribution in [3.8, 4) is 0 Å². The summed E-state index contributed by atoms with van der Waals surface area (Å²) in [7, 11) is 3.78. The average Bonchev–Trinajstić information content (AvgIpc) is 3.71. The van der Waals surface area contributed by atoms with Crippen LogP contribution in [0.3, 0.4) is 0 Å². The lowest BCUT2D eigenvalue weighted by atomic mass is 9.95. The molecule has 1 fully saturated rings. The summed E-state index contributed by atoms with van der Waals surface area (Å²) in [6.07, 6.45) is 3.49. The third kappa shape index (κ3) is 24.7. The highest BCUT2D eigenvalue weighted by molar-refractivity contribution is 6.00. The quantitative estimate of drug-likeness (QED) is 0.0434. The highest BCUT2D eigenvalue weighted by atomic mass is 16.3. The first-order valence-electron chi connectivity index (χ1n) is 28.3. The largest absolute Gasteiger partial charge is 0.390 e. The number of likely N-dealkylation sites (tertiary alicyclic amines) is 1. The van der Waals surface area contributed by atoms with E-state index in [-0.39, 0.29) is 79.7 Å². The van der Waals surface area contributed by atoms with Gasteiger partial charge in [-0.1, -0.05) is 88.7 Å². The average molecular weight is 1120 g/mol. The number of hydrogen-bond acceptors (Lipinski definition) is 12. The third-order valence-electron chi connectivity index (χ3n) is 13.6. The molecule has 0 bridgehead atoms. The van der Waals surface area contributed by atoms with Gasteiger partial charge in [0, 0.05) is 32.1 Å². The number of hydrogen-bond donors (Lipinski definition) is 10. The first-order chi connectivity index (χ1) is 36.2. The van der Waals surface area contributed by atoms with Crippen LogP contribution in [-0.2, 0) is 47.9 Å². The van der Waals surface area contributed by atoms with Gasteiger partial charge < -0.3 is 62.8 Å². The normalized spacial score (nSPS) is 17.8. The van der Waals surface area contributed by atoms with E-state index < -0.39 is 106 Å². The summed E-state index contributed by atoms with van der Waals surface area (Å²) in [6.45, 7) is 31.8. The number of amides is 10. The predicted molar refractivity (Wildman–Crippen MR) is 305 cm³/mol. The summed E-state index contributed by atoms with van der Waals surface area (Å²) in [4.78, 5) is 141. The lowest BCUT2D eigenvalue weighted by Gasteiger charge is -2.34. The summed E-state index contributed by atoms with van der Waals surface area (Å²) in [6, 6.07) is -6.11. The second-order valence-electron chi connectivity index (χ2n) is 25.4. The molecule has 10 N–H and O–H groups in total. The van der Waals surface area contributed by atoms with Crippen LogP contribution in [-0.4, -0.2) is 167 Å². The SMILES string of the molecule is CC[C@H](C)/C=C/C(=O)N1C[C@H](C)CC1C(=O)N[C@@H](CC(C)C)C(=O)N[C@H](C(=O)NC(C)(C)C(=O)N[C@@H](CC(C)C)C(=O)N[C@@H](CC(C)C)C(=O)NC(C)(C)C(=O)NC(C)(C)C(=O)NCCC(=O)NC(C)CN(C)C)C(O)C(C)C. The zero-order valence-corrected chi connectivity index (χ0v) is 51.4. The molecule has 1 aliphatic heterocycles. The number of aliphatic hydroxyl groups excluding tert-OH is 1. The Morgan fingerprint density at radius 1 is 0.620 bits per heavy atom. The van der Waals surface area contributed by atoms with Crippen molar-refractivity contribution >= 4 is 59.1 Å². The van der Waals surface area contributed by atoms with Crippen LogP contribution in [0.25, 0.3) is 0 Å². The number of rotatable bonds is 32. The van der Waals surface area contributed by atoms with E-state index in [2.05, 4.69) is 47.9 Å². The number of carbonyl (C=O) groups is 10. The highest BCUT2D eigenvalue weighted by Crippen LogP contribution is 2.25. The predicted octanol–water partition coefficient (Wildman–Crippen LogP) is 2.18. The van der Waals surface area contributed by atoms with Gasteiger partial charge in [0.25, 0.3) is 0 Å². The Labute approximate surface area is 471 Å². The Hall–Kier alpha value is -5.64. The van der Waals surface area contributed by atoms with Gasteiger partial charge in [-0.2, -0.15) is 0 Å². The van der Waals surface area contributed by atoms with Crippen molar-refractivity contribution in [1.82, 2.24) is 57.7 Å². The fourth-order valence-corrected chi connectivity index (χ4v) is 8.79. The molecule has 22 heteroatoms. The van der Waals surface area contributed by atoms with E-state index in [1.165, 1.54) is 52.5 Å². The fraction of sp³-hybridized carbons (Fsp3) is 0.789. The molecule has 79 heavy (non-hydrogen) atoms. The second-order valence-corrected chi connectivity index (χ2v) is 25.4. The Kier molecular flexibility index (Phi) is 28.9. The van der Waals surface area contributed by atoms with Crippen molar-refractivity contribution in [3.05, 3.63) is 12.2 Å². The molecule has 1 rings (SSSR count). The molecule has 0 spiro atoms. The Morgan fingerprint density at radius 2 is 1.10 bits per heavy atom. The maximum atomic E-state index is 14.2. The maximum absolute atomic E-state index is 14.2. The minimum atomic E-state index is -1.76. The van der Waals surface area contributed by atoms with Crippen molar-refractivity contribution in [3.63, 3.8) is 0 Å². The molecule has 0 aromatic heterocycles. The lowest BCUT2D eigenvalue weighted by molar-refractivity contribution is -0.140. The van der Waals surface area contributed by atoms with E-state index in [9.17, 15) is 53.1 Å². The van der Waals surface area contributed by atoms with Crippen LogP contribution >= 0.6 is 0 Å². The fourth-order valence-electron chi connectivity index (χ4n) is 8.79. The number of allylic oxidation sites excluding steroid dienone is 1. The molecular formula is C57H103N11O11. The molecule has 1 aliphatic rings. The summed E-state index contributed by atoms with van der Waals surface area (Å²) < 4.78 is 0. The molecule has 3 unspecified atom stereocenters. The van der Waals surface area contributed by atoms with E-state index in [4.69, 9.17) is 0 Å². The molecule has 9 atom stereocenters. The molecule has 0 aromatic carbocycles. The highest BCUT2D eigenvalue weighted by Gasteiger charge is 2.43. The van der Waals surface area contributed by atoms with Crippen LogP contribution in [0.4, 0.5) is 0 Å². The van der Waals surface area contributed by atoms with E-state index in [0.717, 1.165) is 6.42 Å². The van der Waals surface area contributed by atoms with Gasteiger partial charge in [0.05, 0.1) is 6.10 Å². The van der Waals surface area contributed by atoms with Crippen LogP contribution < -0.4 is 47.9 Å². The Balaban J connectivity index is 3.28. The molecule has 0 aromatic rings. The minimum Gasteiger partial charge on any atom is -0.390 e. The third-order valence-corrected chi connectivity index (χ3v) is 13.6. The summed E-state index contributed by atoms with van der Waals surface area (Å²) in [5.74, 6) is -7.00. The molecule has 10 amide bonds. The van der Waals surface area contributed by atoms with Gasteiger partial charge in [0.2, 0.25) is 59.1 Å². The second kappa shape index (κ2) is 32.0. The van der Waals surface area contributed by atoms with Crippen LogP contribution in [0, 0.1) is 35.5 Å². The van der Waals surface area contributed by atoms with Gasteiger partial charge in [0.1, 0.15) is 46.8 Å². The summed E-state index contributed by atoms with van der Waals surface area (Å²) in [5.41, 5.74) is -4.82. The van der Waals surface area contributed by atoms with Gasteiger partial charge in [0.15, 0.2) is 0 Å². The van der Waals surface area contributed by atoms with E-state index in [1.807, 2.05) is 94.3 Å². The maximum Gasteiger partial charge on any atom is 0.246 e. The number of aliphatic hydroxyl groups is 1. The van der Waals surface area contributed by atoms with Crippen molar-refractivity contribution < 1.29 is 53.1 Å². The van der Waals surface area contributed by atoms with Crippen molar-refractivity contribution in [2.45, 2.75) is 222 Å². The van der Waals surface area contributed by atoms with Crippen molar-refractivity contribution in [2.24, 2.45) is 35.5 Å². The van der Waals surface area contributed by atoms with Crippen molar-refractivity contribution in [2.75, 3.05) is 33.7 Å². The number of nitrogens with zero attached hydrogens (tertiary/aromatic N) is 2. The molecule has 0 radical (unpaired) electrons. The zero-order chi connectivity index (χ0) is 61.1. The van der Waals surface area contributed by atoms with Crippen LogP contribution in [0.5, 0.6) is 0 Å². The molecule has 1 heterocycles. The van der Waals surface area contributed by atoms with Crippen LogP contribution in [0.15, 0.2) is 12.2 Å². The monoisotopic (exact) mass is 1120 g/mol. The van der Waals surface area contributed by atoms with E-state index in [1.54, 1.807) is 13.8 Å². The van der Waals surface area contributed by atoms with Gasteiger partial charge in [-0.3, -0.25) is 47.9 Å². The first-order valence-corrected chi connectivity index (χ1v) is 28.3. The zero-order valence-electron chi connectivity index (χ0n) is 51.4. The topological polar surface area (TPSA) is 306 Å². The number of carbonyl (C=O) groups excluding carboxylic acids is 10. The summed E-state index contributed by atoms with van der Waals surface area (Å²) >= 11 is 0. The van der Waals surface area contributed by atoms with Crippen LogP contribution in [0.1, 0.15) is 163 Å². The van der Waals surface area contributed by atoms with Crippen molar-refractivity contribution in [1.29, 1.82) is 0 Å². The molecular weight excluding hydrogens is 1010 g/mol. The standard InChI is InChI=1S/C57H103N11O11/c1-21-36(10)22-23-44(70)68-30-37(11)29-42(68)50(75)61-39(26-32(2)3)48(73)63-45(46(71)35(8)9)51(76)65-56(15,16)53(78)62-40(27-33(4)5)47(72)60-41(28-34(6)7)49(74)64-57(17,18)54(79)66-55(13,14)52(77)58-25-24-43(69)59-38(12)31-67(19)20/h22-23,32-42,45-46,71H,21,24-31H2,1-20H3,(H,58,77)(H,59,69)(H,60,72)(H,61,75)(H,62,78)(H,63,73)(H,64,74)(H,65,76)(H,66,79)/b23-22+/t36-,37+,38?,39-,40-,41-,42?,45-,46?/m0/s1. The van der Waals surface area contributed by atoms with Gasteiger partial charge in [-0.25, -0.2) is 0 Å². The van der Waals surface area contributed by atoms with E-state index in [0.29, 0.717) is 19.5 Å². The molecule has 0 aliphatic carbocycles. The number of likely N-dealkylation sites (N-methyl/N-ethyl adjacent to an activating group) is 1. The smallest absolute Gasteiger partial charge is 0.246 e. The Bertz CT molecular complexity index is 2120. The van der Waals surface area contributed by atoms with Gasteiger partial charge in [-0.15, -0.1) is 0 Å². The Morgan fingerprint density at radius 3 is 1.61 bits per heavy atom. The molecule has 0 saturated carbocycles. The first kappa shape index (κ1) is 71.4. The lowest BCUT2D eigenvalue weighted by Crippen LogP contribution is -2.66. The molecule has 452 valence electrons. The molecule has 22 nitrogen and oxygen atoms in total. The van der Waals surface area contributed by atoms with Gasteiger partial charge >= 0.3 is 0 Å². The summed E-state index contributed by atoms with van der Waals surface area (Å²) in [5, 5.41) is 35.9.